The van der Waals surface area contributed by atoms with Gasteiger partial charge in [-0.3, -0.25) is 10.1 Å². The van der Waals surface area contributed by atoms with Crippen LogP contribution in [0.3, 0.4) is 0 Å². The topological polar surface area (TPSA) is 77.2 Å². The molecular weight excluding hydrogens is 338 g/mol. The van der Waals surface area contributed by atoms with Crippen LogP contribution in [-0.4, -0.2) is 16.0 Å². The van der Waals surface area contributed by atoms with E-state index in [1.54, 1.807) is 6.92 Å². The van der Waals surface area contributed by atoms with Gasteiger partial charge in [-0.2, -0.15) is 0 Å². The summed E-state index contributed by atoms with van der Waals surface area (Å²) in [5.41, 5.74) is 2.90. The Hall–Kier alpha value is -2.67. The zero-order valence-corrected chi connectivity index (χ0v) is 15.4. The Morgan fingerprint density at radius 3 is 2.56 bits per heavy atom. The molecule has 0 saturated carbocycles. The highest BCUT2D eigenvalue weighted by Crippen LogP contribution is 2.23. The molecule has 6 nitrogen and oxygen atoms in total. The summed E-state index contributed by atoms with van der Waals surface area (Å²) in [5, 5.41) is 7.19. The molecule has 1 N–H and O–H groups in total. The Balaban J connectivity index is 1.74. The van der Waals surface area contributed by atoms with Crippen molar-refractivity contribution in [1.29, 1.82) is 0 Å². The highest BCUT2D eigenvalue weighted by atomic mass is 32.1. The van der Waals surface area contributed by atoms with E-state index in [1.807, 2.05) is 45.0 Å². The van der Waals surface area contributed by atoms with Crippen LogP contribution >= 0.6 is 11.3 Å². The molecule has 0 fully saturated rings. The van der Waals surface area contributed by atoms with Crippen LogP contribution in [0.5, 0.6) is 5.75 Å². The summed E-state index contributed by atoms with van der Waals surface area (Å²) in [6.45, 7) is 7.84. The first-order valence-corrected chi connectivity index (χ1v) is 8.65. The molecule has 25 heavy (non-hydrogen) atoms. The van der Waals surface area contributed by atoms with Crippen molar-refractivity contribution in [1.82, 2.24) is 10.1 Å². The van der Waals surface area contributed by atoms with Crippen molar-refractivity contribution in [2.45, 2.75) is 34.3 Å². The van der Waals surface area contributed by atoms with Gasteiger partial charge in [0, 0.05) is 4.88 Å². The van der Waals surface area contributed by atoms with Crippen LogP contribution < -0.4 is 10.1 Å². The van der Waals surface area contributed by atoms with Crippen LogP contribution in [0.15, 0.2) is 28.8 Å². The fraction of sp³-hybridized carbons (Fsp3) is 0.278. The summed E-state index contributed by atoms with van der Waals surface area (Å²) in [7, 11) is 0. The fourth-order valence-electron chi connectivity index (χ4n) is 2.21. The van der Waals surface area contributed by atoms with E-state index in [0.717, 1.165) is 21.9 Å². The number of benzene rings is 1. The number of nitrogens with zero attached hydrogens (tertiary/aromatic N) is 2. The number of anilines is 1. The molecule has 0 unspecified atom stereocenters. The molecule has 1 aromatic carbocycles. The van der Waals surface area contributed by atoms with E-state index < -0.39 is 0 Å². The number of amides is 1. The summed E-state index contributed by atoms with van der Waals surface area (Å²) in [5.74, 6) is 0.931. The van der Waals surface area contributed by atoms with E-state index in [1.165, 1.54) is 11.3 Å². The minimum atomic E-state index is -0.354. The molecule has 0 radical (unpaired) electrons. The number of hydrogen-bond donors (Lipinski definition) is 1. The van der Waals surface area contributed by atoms with Crippen molar-refractivity contribution in [3.63, 3.8) is 0 Å². The second-order valence-electron chi connectivity index (χ2n) is 5.78. The van der Waals surface area contributed by atoms with Gasteiger partial charge in [-0.05, 0) is 39.8 Å². The van der Waals surface area contributed by atoms with Crippen molar-refractivity contribution in [3.8, 4) is 5.75 Å². The zero-order valence-electron chi connectivity index (χ0n) is 14.5. The molecule has 0 aliphatic rings. The Morgan fingerprint density at radius 2 is 1.92 bits per heavy atom. The number of rotatable bonds is 5. The van der Waals surface area contributed by atoms with Crippen LogP contribution in [0.2, 0.25) is 0 Å². The smallest absolute Gasteiger partial charge is 0.280 e. The number of hydrogen-bond acceptors (Lipinski definition) is 6. The first kappa shape index (κ1) is 17.2. The SMILES string of the molecule is Cc1ccc(OCc2c(C(=O)Nc3nc(C)c(C)s3)noc2C)cc1. The van der Waals surface area contributed by atoms with Crippen LogP contribution in [-0.2, 0) is 6.61 Å². The van der Waals surface area contributed by atoms with E-state index in [9.17, 15) is 4.79 Å². The third-order valence-electron chi connectivity index (χ3n) is 3.85. The molecule has 0 aliphatic carbocycles. The molecule has 2 aromatic heterocycles. The monoisotopic (exact) mass is 357 g/mol. The van der Waals surface area contributed by atoms with E-state index in [2.05, 4.69) is 15.5 Å². The van der Waals surface area contributed by atoms with Crippen molar-refractivity contribution >= 4 is 22.4 Å². The third kappa shape index (κ3) is 3.88. The molecule has 0 spiro atoms. The number of carbonyl (C=O) groups is 1. The minimum absolute atomic E-state index is 0.205. The van der Waals surface area contributed by atoms with Gasteiger partial charge in [0.15, 0.2) is 10.8 Å². The molecule has 0 bridgehead atoms. The molecule has 3 rings (SSSR count). The highest BCUT2D eigenvalue weighted by Gasteiger charge is 2.21. The van der Waals surface area contributed by atoms with Crippen molar-refractivity contribution in [2.75, 3.05) is 5.32 Å². The lowest BCUT2D eigenvalue weighted by atomic mass is 10.2. The number of aromatic nitrogens is 2. The lowest BCUT2D eigenvalue weighted by Gasteiger charge is -2.07. The van der Waals surface area contributed by atoms with Crippen molar-refractivity contribution in [2.24, 2.45) is 0 Å². The molecular formula is C18H19N3O3S. The van der Waals surface area contributed by atoms with Gasteiger partial charge in [0.25, 0.3) is 5.91 Å². The number of ether oxygens (including phenoxy) is 1. The van der Waals surface area contributed by atoms with Crippen LogP contribution in [0.1, 0.15) is 37.9 Å². The lowest BCUT2D eigenvalue weighted by Crippen LogP contribution is -2.15. The second-order valence-corrected chi connectivity index (χ2v) is 6.99. The van der Waals surface area contributed by atoms with Crippen LogP contribution in [0.4, 0.5) is 5.13 Å². The Bertz CT molecular complexity index is 877. The fourth-order valence-corrected chi connectivity index (χ4v) is 3.02. The van der Waals surface area contributed by atoms with Gasteiger partial charge in [-0.25, -0.2) is 4.98 Å². The quantitative estimate of drug-likeness (QED) is 0.740. The van der Waals surface area contributed by atoms with Crippen molar-refractivity contribution in [3.05, 3.63) is 57.4 Å². The Kier molecular flexibility index (Phi) is 4.85. The predicted octanol–water partition coefficient (Wildman–Crippen LogP) is 4.20. The van der Waals surface area contributed by atoms with Crippen LogP contribution in [0.25, 0.3) is 0 Å². The molecule has 0 saturated heterocycles. The lowest BCUT2D eigenvalue weighted by molar-refractivity contribution is 0.101. The molecule has 0 aliphatic heterocycles. The normalized spacial score (nSPS) is 10.7. The number of thiazole rings is 1. The van der Waals surface area contributed by atoms with E-state index in [-0.39, 0.29) is 18.2 Å². The summed E-state index contributed by atoms with van der Waals surface area (Å²) < 4.78 is 10.9. The molecule has 130 valence electrons. The Morgan fingerprint density at radius 1 is 1.20 bits per heavy atom. The zero-order chi connectivity index (χ0) is 18.0. The standard InChI is InChI=1S/C18H19N3O3S/c1-10-5-7-14(8-6-10)23-9-15-12(3)24-21-16(15)17(22)20-18-19-11(2)13(4)25-18/h5-8H,9H2,1-4H3,(H,19,20,22). The summed E-state index contributed by atoms with van der Waals surface area (Å²) >= 11 is 1.43. The average molecular weight is 357 g/mol. The third-order valence-corrected chi connectivity index (χ3v) is 4.84. The van der Waals surface area contributed by atoms with Gasteiger partial charge in [-0.15, -0.1) is 11.3 Å². The molecule has 0 atom stereocenters. The first-order valence-electron chi connectivity index (χ1n) is 7.84. The van der Waals surface area contributed by atoms with Crippen molar-refractivity contribution < 1.29 is 14.1 Å². The second kappa shape index (κ2) is 7.06. The number of carbonyl (C=O) groups excluding carboxylic acids is 1. The summed E-state index contributed by atoms with van der Waals surface area (Å²) in [4.78, 5) is 17.9. The first-order chi connectivity index (χ1) is 11.9. The maximum Gasteiger partial charge on any atom is 0.280 e. The van der Waals surface area contributed by atoms with Gasteiger partial charge in [0.1, 0.15) is 18.1 Å². The number of aryl methyl sites for hydroxylation is 4. The van der Waals surface area contributed by atoms with E-state index in [0.29, 0.717) is 16.5 Å². The minimum Gasteiger partial charge on any atom is -0.489 e. The van der Waals surface area contributed by atoms with E-state index in [4.69, 9.17) is 9.26 Å². The predicted molar refractivity (Wildman–Crippen MR) is 96.3 cm³/mol. The van der Waals surface area contributed by atoms with E-state index >= 15 is 0 Å². The summed E-state index contributed by atoms with van der Waals surface area (Å²) in [6, 6.07) is 7.71. The van der Waals surface area contributed by atoms with Gasteiger partial charge >= 0.3 is 0 Å². The molecule has 7 heteroatoms. The average Bonchev–Trinajstić information content (AvgIpc) is 3.09. The van der Waals surface area contributed by atoms with Gasteiger partial charge in [0.2, 0.25) is 0 Å². The molecule has 1 amide bonds. The maximum atomic E-state index is 12.5. The van der Waals surface area contributed by atoms with Crippen LogP contribution in [0, 0.1) is 27.7 Å². The number of nitrogens with one attached hydrogen (secondary N) is 1. The summed E-state index contributed by atoms with van der Waals surface area (Å²) in [6.07, 6.45) is 0. The molecule has 2 heterocycles. The van der Waals surface area contributed by atoms with Gasteiger partial charge in [0.05, 0.1) is 11.3 Å². The van der Waals surface area contributed by atoms with Gasteiger partial charge < -0.3 is 9.26 Å². The highest BCUT2D eigenvalue weighted by molar-refractivity contribution is 7.15. The molecule has 3 aromatic rings. The largest absolute Gasteiger partial charge is 0.489 e. The van der Waals surface area contributed by atoms with Gasteiger partial charge in [-0.1, -0.05) is 22.9 Å². The Labute approximate surface area is 149 Å². The maximum absolute atomic E-state index is 12.5.